The van der Waals surface area contributed by atoms with E-state index >= 15 is 0 Å². The Morgan fingerprint density at radius 1 is 1.05 bits per heavy atom. The van der Waals surface area contributed by atoms with Crippen molar-refractivity contribution in [3.05, 3.63) is 0 Å². The van der Waals surface area contributed by atoms with Crippen molar-refractivity contribution in [3.63, 3.8) is 0 Å². The third-order valence-electron chi connectivity index (χ3n) is 5.57. The maximum absolute atomic E-state index is 3.88. The first-order valence-corrected chi connectivity index (χ1v) is 9.12. The Kier molecular flexibility index (Phi) is 6.35. The van der Waals surface area contributed by atoms with Gasteiger partial charge in [-0.3, -0.25) is 4.90 Å². The van der Waals surface area contributed by atoms with Crippen LogP contribution in [0.5, 0.6) is 0 Å². The number of rotatable bonds is 4. The molecular weight excluding hydrogens is 244 g/mol. The van der Waals surface area contributed by atoms with Crippen molar-refractivity contribution in [3.8, 4) is 0 Å². The van der Waals surface area contributed by atoms with Crippen molar-refractivity contribution in [1.82, 2.24) is 10.2 Å². The zero-order valence-electron chi connectivity index (χ0n) is 14.2. The molecule has 0 amide bonds. The van der Waals surface area contributed by atoms with Gasteiger partial charge in [0.05, 0.1) is 0 Å². The number of likely N-dealkylation sites (tertiary alicyclic amines) is 1. The van der Waals surface area contributed by atoms with Crippen LogP contribution in [0.25, 0.3) is 0 Å². The summed E-state index contributed by atoms with van der Waals surface area (Å²) >= 11 is 0. The molecule has 1 heterocycles. The van der Waals surface area contributed by atoms with Crippen molar-refractivity contribution in [1.29, 1.82) is 0 Å². The van der Waals surface area contributed by atoms with E-state index in [4.69, 9.17) is 0 Å². The van der Waals surface area contributed by atoms with E-state index in [-0.39, 0.29) is 0 Å². The molecule has 0 bridgehead atoms. The molecule has 0 radical (unpaired) electrons. The summed E-state index contributed by atoms with van der Waals surface area (Å²) in [5.74, 6) is 1.73. The van der Waals surface area contributed by atoms with E-state index in [0.717, 1.165) is 23.9 Å². The van der Waals surface area contributed by atoms with Crippen LogP contribution in [0.1, 0.15) is 72.6 Å². The third kappa shape index (κ3) is 3.98. The molecule has 0 spiro atoms. The minimum absolute atomic E-state index is 0.717. The molecular formula is C18H36N2. The van der Waals surface area contributed by atoms with Gasteiger partial charge in [-0.05, 0) is 64.0 Å². The Labute approximate surface area is 126 Å². The van der Waals surface area contributed by atoms with Crippen LogP contribution < -0.4 is 5.32 Å². The van der Waals surface area contributed by atoms with Crippen molar-refractivity contribution >= 4 is 0 Å². The van der Waals surface area contributed by atoms with Crippen LogP contribution >= 0.6 is 0 Å². The van der Waals surface area contributed by atoms with Crippen LogP contribution in [-0.2, 0) is 0 Å². The first-order chi connectivity index (χ1) is 9.63. The standard InChI is InChI=1S/C18H36N2/c1-5-10-19-17-13-14(2)12-15(3)18(17)20-11-8-6-7-9-16(20)4/h14-19H,5-13H2,1-4H3. The van der Waals surface area contributed by atoms with Gasteiger partial charge in [-0.15, -0.1) is 0 Å². The number of nitrogens with one attached hydrogen (secondary N) is 1. The predicted molar refractivity (Wildman–Crippen MR) is 88.1 cm³/mol. The molecule has 5 unspecified atom stereocenters. The average Bonchev–Trinajstić information content (AvgIpc) is 2.61. The van der Waals surface area contributed by atoms with Crippen molar-refractivity contribution in [2.24, 2.45) is 11.8 Å². The highest BCUT2D eigenvalue weighted by Gasteiger charge is 2.39. The molecule has 2 heteroatoms. The molecule has 1 saturated heterocycles. The maximum atomic E-state index is 3.88. The molecule has 1 N–H and O–H groups in total. The summed E-state index contributed by atoms with van der Waals surface area (Å²) in [5, 5.41) is 3.88. The van der Waals surface area contributed by atoms with E-state index in [9.17, 15) is 0 Å². The van der Waals surface area contributed by atoms with Crippen LogP contribution in [0.2, 0.25) is 0 Å². The molecule has 0 aromatic carbocycles. The van der Waals surface area contributed by atoms with E-state index < -0.39 is 0 Å². The predicted octanol–water partition coefficient (Wildman–Crippen LogP) is 4.05. The van der Waals surface area contributed by atoms with Gasteiger partial charge in [0, 0.05) is 18.1 Å². The molecule has 2 aliphatic rings. The quantitative estimate of drug-likeness (QED) is 0.835. The molecule has 2 fully saturated rings. The lowest BCUT2D eigenvalue weighted by molar-refractivity contribution is 0.0368. The lowest BCUT2D eigenvalue weighted by Crippen LogP contribution is -2.58. The minimum Gasteiger partial charge on any atom is -0.312 e. The van der Waals surface area contributed by atoms with Crippen molar-refractivity contribution < 1.29 is 0 Å². The van der Waals surface area contributed by atoms with Gasteiger partial charge in [0.1, 0.15) is 0 Å². The molecule has 2 nitrogen and oxygen atoms in total. The van der Waals surface area contributed by atoms with Crippen molar-refractivity contribution in [2.45, 2.75) is 90.8 Å². The highest BCUT2D eigenvalue weighted by atomic mass is 15.2. The largest absolute Gasteiger partial charge is 0.312 e. The van der Waals surface area contributed by atoms with Crippen LogP contribution in [0.4, 0.5) is 0 Å². The first kappa shape index (κ1) is 16.3. The van der Waals surface area contributed by atoms with E-state index in [1.54, 1.807) is 0 Å². The highest BCUT2D eigenvalue weighted by molar-refractivity contribution is 4.96. The van der Waals surface area contributed by atoms with Gasteiger partial charge in [0.25, 0.3) is 0 Å². The summed E-state index contributed by atoms with van der Waals surface area (Å²) in [6, 6.07) is 2.27. The summed E-state index contributed by atoms with van der Waals surface area (Å²) in [5.41, 5.74) is 0. The van der Waals surface area contributed by atoms with E-state index in [1.165, 1.54) is 58.0 Å². The maximum Gasteiger partial charge on any atom is 0.0277 e. The fourth-order valence-electron chi connectivity index (χ4n) is 4.67. The summed E-state index contributed by atoms with van der Waals surface area (Å²) in [6.45, 7) is 12.2. The molecule has 0 aromatic heterocycles. The number of nitrogens with zero attached hydrogens (tertiary/aromatic N) is 1. The van der Waals surface area contributed by atoms with Gasteiger partial charge in [-0.1, -0.05) is 33.6 Å². The molecule has 2 rings (SSSR count). The lowest BCUT2D eigenvalue weighted by atomic mass is 9.75. The zero-order valence-corrected chi connectivity index (χ0v) is 14.2. The Morgan fingerprint density at radius 2 is 1.85 bits per heavy atom. The van der Waals surface area contributed by atoms with Crippen LogP contribution in [0.3, 0.4) is 0 Å². The summed E-state index contributed by atoms with van der Waals surface area (Å²) in [7, 11) is 0. The Bertz CT molecular complexity index is 279. The molecule has 1 saturated carbocycles. The summed E-state index contributed by atoms with van der Waals surface area (Å²) < 4.78 is 0. The third-order valence-corrected chi connectivity index (χ3v) is 5.57. The normalized spacial score (nSPS) is 40.5. The second-order valence-electron chi connectivity index (χ2n) is 7.54. The molecule has 118 valence electrons. The molecule has 20 heavy (non-hydrogen) atoms. The van der Waals surface area contributed by atoms with Gasteiger partial charge < -0.3 is 5.32 Å². The fraction of sp³-hybridized carbons (Fsp3) is 1.00. The Hall–Kier alpha value is -0.0800. The van der Waals surface area contributed by atoms with E-state index in [1.807, 2.05) is 0 Å². The monoisotopic (exact) mass is 280 g/mol. The number of hydrogen-bond donors (Lipinski definition) is 1. The second kappa shape index (κ2) is 7.79. The SMILES string of the molecule is CCCNC1CC(C)CC(C)C1N1CCCCCC1C. The average molecular weight is 280 g/mol. The Balaban J connectivity index is 2.09. The van der Waals surface area contributed by atoms with Crippen LogP contribution in [0.15, 0.2) is 0 Å². The summed E-state index contributed by atoms with van der Waals surface area (Å²) in [4.78, 5) is 2.87. The zero-order chi connectivity index (χ0) is 14.5. The van der Waals surface area contributed by atoms with Crippen LogP contribution in [0, 0.1) is 11.8 Å². The fourth-order valence-corrected chi connectivity index (χ4v) is 4.67. The van der Waals surface area contributed by atoms with Gasteiger partial charge in [0.2, 0.25) is 0 Å². The van der Waals surface area contributed by atoms with Gasteiger partial charge in [-0.25, -0.2) is 0 Å². The van der Waals surface area contributed by atoms with Gasteiger partial charge in [-0.2, -0.15) is 0 Å². The van der Waals surface area contributed by atoms with Gasteiger partial charge in [0.15, 0.2) is 0 Å². The molecule has 5 atom stereocenters. The molecule has 1 aliphatic heterocycles. The Morgan fingerprint density at radius 3 is 2.60 bits per heavy atom. The summed E-state index contributed by atoms with van der Waals surface area (Å²) in [6.07, 6.45) is 9.72. The van der Waals surface area contributed by atoms with E-state index in [0.29, 0.717) is 6.04 Å². The topological polar surface area (TPSA) is 15.3 Å². The van der Waals surface area contributed by atoms with Crippen molar-refractivity contribution in [2.75, 3.05) is 13.1 Å². The van der Waals surface area contributed by atoms with Crippen LogP contribution in [-0.4, -0.2) is 36.1 Å². The smallest absolute Gasteiger partial charge is 0.0277 e. The van der Waals surface area contributed by atoms with Gasteiger partial charge >= 0.3 is 0 Å². The molecule has 0 aromatic rings. The second-order valence-corrected chi connectivity index (χ2v) is 7.54. The minimum atomic E-state index is 0.717. The lowest BCUT2D eigenvalue weighted by Gasteiger charge is -2.48. The molecule has 1 aliphatic carbocycles. The number of hydrogen-bond acceptors (Lipinski definition) is 2. The highest BCUT2D eigenvalue weighted by Crippen LogP contribution is 2.35. The van der Waals surface area contributed by atoms with E-state index in [2.05, 4.69) is 37.9 Å². The first-order valence-electron chi connectivity index (χ1n) is 9.12.